The number of Topliss-reactive ketones (excluding diaryl/α,β-unsaturated/α-hetero) is 1. The van der Waals surface area contributed by atoms with Crippen LogP contribution < -0.4 is 9.47 Å². The standard InChI is InChI=1S/C17H20N2O5/c1-10-16(11(2)19(3)18-10)17(21)24-9-14(20)13-7-6-12(22-4)8-15(13)23-5/h6-8H,9H2,1-5H3. The monoisotopic (exact) mass is 332 g/mol. The number of ketones is 1. The number of hydrogen-bond donors (Lipinski definition) is 0. The highest BCUT2D eigenvalue weighted by atomic mass is 16.5. The van der Waals surface area contributed by atoms with Crippen molar-refractivity contribution in [2.24, 2.45) is 7.05 Å². The maximum atomic E-state index is 12.3. The van der Waals surface area contributed by atoms with Crippen molar-refractivity contribution in [3.63, 3.8) is 0 Å². The fraction of sp³-hybridized carbons (Fsp3) is 0.353. The van der Waals surface area contributed by atoms with Gasteiger partial charge in [-0.25, -0.2) is 4.79 Å². The number of rotatable bonds is 6. The van der Waals surface area contributed by atoms with Gasteiger partial charge in [0.2, 0.25) is 5.78 Å². The molecule has 2 rings (SSSR count). The molecule has 7 heteroatoms. The average molecular weight is 332 g/mol. The van der Waals surface area contributed by atoms with Gasteiger partial charge in [-0.3, -0.25) is 9.48 Å². The maximum absolute atomic E-state index is 12.3. The van der Waals surface area contributed by atoms with Crippen molar-refractivity contribution in [1.82, 2.24) is 9.78 Å². The number of esters is 1. The lowest BCUT2D eigenvalue weighted by Crippen LogP contribution is -2.16. The van der Waals surface area contributed by atoms with Crippen LogP contribution in [0.4, 0.5) is 0 Å². The van der Waals surface area contributed by atoms with E-state index < -0.39 is 5.97 Å². The lowest BCUT2D eigenvalue weighted by molar-refractivity contribution is 0.0472. The highest BCUT2D eigenvalue weighted by Gasteiger charge is 2.21. The first-order valence-electron chi connectivity index (χ1n) is 7.31. The molecular formula is C17H20N2O5. The van der Waals surface area contributed by atoms with Crippen LogP contribution in [-0.4, -0.2) is 42.4 Å². The van der Waals surface area contributed by atoms with Crippen LogP contribution in [0.3, 0.4) is 0 Å². The van der Waals surface area contributed by atoms with Crippen molar-refractivity contribution < 1.29 is 23.8 Å². The van der Waals surface area contributed by atoms with E-state index >= 15 is 0 Å². The third kappa shape index (κ3) is 3.40. The Morgan fingerprint density at radius 1 is 1.17 bits per heavy atom. The van der Waals surface area contributed by atoms with Crippen LogP contribution in [0.5, 0.6) is 11.5 Å². The van der Waals surface area contributed by atoms with Crippen LogP contribution in [-0.2, 0) is 11.8 Å². The van der Waals surface area contributed by atoms with Gasteiger partial charge >= 0.3 is 5.97 Å². The van der Waals surface area contributed by atoms with Gasteiger partial charge in [0.05, 0.1) is 25.5 Å². The van der Waals surface area contributed by atoms with Crippen LogP contribution in [0.25, 0.3) is 0 Å². The molecule has 7 nitrogen and oxygen atoms in total. The summed E-state index contributed by atoms with van der Waals surface area (Å²) in [5, 5.41) is 4.16. The molecule has 0 unspecified atom stereocenters. The summed E-state index contributed by atoms with van der Waals surface area (Å²) in [6.45, 7) is 3.11. The topological polar surface area (TPSA) is 79.7 Å². The predicted octanol–water partition coefficient (Wildman–Crippen LogP) is 2.09. The zero-order valence-electron chi connectivity index (χ0n) is 14.4. The number of nitrogens with zero attached hydrogens (tertiary/aromatic N) is 2. The Kier molecular flexibility index (Phi) is 5.23. The molecule has 1 aromatic heterocycles. The number of aryl methyl sites for hydroxylation is 2. The number of carbonyl (C=O) groups excluding carboxylic acids is 2. The Morgan fingerprint density at radius 3 is 2.42 bits per heavy atom. The van der Waals surface area contributed by atoms with Gasteiger partial charge in [0.1, 0.15) is 17.1 Å². The smallest absolute Gasteiger partial charge is 0.342 e. The van der Waals surface area contributed by atoms with Gasteiger partial charge in [0, 0.05) is 18.8 Å². The molecule has 0 fully saturated rings. The molecule has 0 aliphatic heterocycles. The lowest BCUT2D eigenvalue weighted by Gasteiger charge is -2.10. The molecule has 0 aliphatic rings. The minimum atomic E-state index is -0.570. The van der Waals surface area contributed by atoms with E-state index in [2.05, 4.69) is 5.10 Å². The lowest BCUT2D eigenvalue weighted by atomic mass is 10.1. The first-order valence-corrected chi connectivity index (χ1v) is 7.31. The van der Waals surface area contributed by atoms with E-state index in [4.69, 9.17) is 14.2 Å². The molecule has 2 aromatic rings. The van der Waals surface area contributed by atoms with Crippen LogP contribution in [0.15, 0.2) is 18.2 Å². The number of hydrogen-bond acceptors (Lipinski definition) is 6. The molecule has 0 saturated heterocycles. The van der Waals surface area contributed by atoms with Gasteiger partial charge < -0.3 is 14.2 Å². The Morgan fingerprint density at radius 2 is 1.88 bits per heavy atom. The van der Waals surface area contributed by atoms with Gasteiger partial charge in [-0.15, -0.1) is 0 Å². The number of methoxy groups -OCH3 is 2. The van der Waals surface area contributed by atoms with E-state index in [1.54, 1.807) is 43.8 Å². The quantitative estimate of drug-likeness (QED) is 0.595. The van der Waals surface area contributed by atoms with E-state index in [1.165, 1.54) is 14.2 Å². The number of carbonyl (C=O) groups is 2. The summed E-state index contributed by atoms with van der Waals surface area (Å²) in [5.74, 6) is 0.00659. The third-order valence-electron chi connectivity index (χ3n) is 3.76. The number of benzene rings is 1. The van der Waals surface area contributed by atoms with Gasteiger partial charge in [-0.05, 0) is 26.0 Å². The van der Waals surface area contributed by atoms with Crippen molar-refractivity contribution in [2.75, 3.05) is 20.8 Å². The fourth-order valence-electron chi connectivity index (χ4n) is 2.38. The first-order chi connectivity index (χ1) is 11.4. The molecular weight excluding hydrogens is 312 g/mol. The van der Waals surface area contributed by atoms with Gasteiger partial charge in [0.25, 0.3) is 0 Å². The molecule has 0 spiro atoms. The number of ether oxygens (including phenoxy) is 3. The summed E-state index contributed by atoms with van der Waals surface area (Å²) >= 11 is 0. The SMILES string of the molecule is COc1ccc(C(=O)COC(=O)c2c(C)nn(C)c2C)c(OC)c1. The van der Waals surface area contributed by atoms with Crippen LogP contribution in [0, 0.1) is 13.8 Å². The van der Waals surface area contributed by atoms with Crippen LogP contribution >= 0.6 is 0 Å². The van der Waals surface area contributed by atoms with Gasteiger partial charge in [0.15, 0.2) is 6.61 Å². The van der Waals surface area contributed by atoms with Gasteiger partial charge in [-0.2, -0.15) is 5.10 Å². The Bertz CT molecular complexity index is 780. The molecule has 0 amide bonds. The highest BCUT2D eigenvalue weighted by Crippen LogP contribution is 2.25. The zero-order chi connectivity index (χ0) is 17.9. The van der Waals surface area contributed by atoms with Crippen molar-refractivity contribution >= 4 is 11.8 Å². The van der Waals surface area contributed by atoms with E-state index in [1.807, 2.05) is 0 Å². The van der Waals surface area contributed by atoms with Crippen molar-refractivity contribution in [3.8, 4) is 11.5 Å². The second-order valence-electron chi connectivity index (χ2n) is 5.23. The minimum absolute atomic E-state index is 0.325. The molecule has 24 heavy (non-hydrogen) atoms. The van der Waals surface area contributed by atoms with E-state index in [0.29, 0.717) is 34.0 Å². The van der Waals surface area contributed by atoms with Crippen LogP contribution in [0.2, 0.25) is 0 Å². The van der Waals surface area contributed by atoms with Crippen molar-refractivity contribution in [1.29, 1.82) is 0 Å². The van der Waals surface area contributed by atoms with E-state index in [9.17, 15) is 9.59 Å². The molecule has 0 aliphatic carbocycles. The highest BCUT2D eigenvalue weighted by molar-refractivity contribution is 6.01. The summed E-state index contributed by atoms with van der Waals surface area (Å²) < 4.78 is 17.0. The minimum Gasteiger partial charge on any atom is -0.497 e. The van der Waals surface area contributed by atoms with Gasteiger partial charge in [-0.1, -0.05) is 0 Å². The molecule has 0 saturated carbocycles. The Labute approximate surface area is 140 Å². The average Bonchev–Trinajstić information content (AvgIpc) is 2.84. The summed E-state index contributed by atoms with van der Waals surface area (Å²) in [6.07, 6.45) is 0. The Balaban J connectivity index is 2.12. The summed E-state index contributed by atoms with van der Waals surface area (Å²) in [4.78, 5) is 24.5. The molecule has 1 aromatic carbocycles. The van der Waals surface area contributed by atoms with E-state index in [-0.39, 0.29) is 12.4 Å². The fourth-order valence-corrected chi connectivity index (χ4v) is 2.38. The van der Waals surface area contributed by atoms with E-state index in [0.717, 1.165) is 0 Å². The normalized spacial score (nSPS) is 10.4. The third-order valence-corrected chi connectivity index (χ3v) is 3.76. The molecule has 0 radical (unpaired) electrons. The zero-order valence-corrected chi connectivity index (χ0v) is 14.4. The predicted molar refractivity (Wildman–Crippen MR) is 86.8 cm³/mol. The molecule has 0 N–H and O–H groups in total. The molecule has 1 heterocycles. The molecule has 0 bridgehead atoms. The Hall–Kier alpha value is -2.83. The second-order valence-corrected chi connectivity index (χ2v) is 5.23. The molecule has 128 valence electrons. The van der Waals surface area contributed by atoms with Crippen molar-refractivity contribution in [3.05, 3.63) is 40.7 Å². The van der Waals surface area contributed by atoms with Crippen molar-refractivity contribution in [2.45, 2.75) is 13.8 Å². The maximum Gasteiger partial charge on any atom is 0.342 e. The molecule has 0 atom stereocenters. The largest absolute Gasteiger partial charge is 0.497 e. The first kappa shape index (κ1) is 17.5. The summed E-state index contributed by atoms with van der Waals surface area (Å²) in [7, 11) is 4.73. The second kappa shape index (κ2) is 7.16. The number of aromatic nitrogens is 2. The van der Waals surface area contributed by atoms with Crippen LogP contribution in [0.1, 0.15) is 32.1 Å². The summed E-state index contributed by atoms with van der Waals surface area (Å²) in [6, 6.07) is 4.83. The summed E-state index contributed by atoms with van der Waals surface area (Å²) in [5.41, 5.74) is 1.96.